The molecular weight excluding hydrogens is 1390 g/mol. The third kappa shape index (κ3) is 21.3. The lowest BCUT2D eigenvalue weighted by molar-refractivity contribution is -0.349. The zero-order chi connectivity index (χ0) is 74.8. The molecule has 0 aliphatic carbocycles. The van der Waals surface area contributed by atoms with Crippen molar-refractivity contribution in [3.05, 3.63) is 359 Å². The van der Waals surface area contributed by atoms with E-state index in [1.165, 1.54) is 7.11 Å². The summed E-state index contributed by atoms with van der Waals surface area (Å²) in [6.45, 7) is -0.556. The topological polar surface area (TPSA) is 216 Å². The van der Waals surface area contributed by atoms with Crippen LogP contribution in [0.2, 0.25) is 0 Å². The van der Waals surface area contributed by atoms with Crippen molar-refractivity contribution in [3.8, 4) is 0 Å². The van der Waals surface area contributed by atoms with E-state index in [1.807, 2.05) is 182 Å². The van der Waals surface area contributed by atoms with Crippen LogP contribution in [0.15, 0.2) is 303 Å². The lowest BCUT2D eigenvalue weighted by Gasteiger charge is -2.48. The molecule has 0 saturated carbocycles. The molecule has 13 rings (SSSR count). The van der Waals surface area contributed by atoms with Gasteiger partial charge < -0.3 is 75.8 Å². The fourth-order valence-corrected chi connectivity index (χ4v) is 13.1. The number of hydrogen-bond acceptors (Lipinski definition) is 20. The third-order valence-corrected chi connectivity index (χ3v) is 18.7. The second-order valence-corrected chi connectivity index (χ2v) is 26.3. The van der Waals surface area contributed by atoms with Crippen LogP contribution in [0.1, 0.15) is 74.8 Å². The van der Waals surface area contributed by atoms with Crippen molar-refractivity contribution in [2.75, 3.05) is 26.9 Å². The van der Waals surface area contributed by atoms with Gasteiger partial charge in [-0.15, -0.1) is 0 Å². The first-order valence-electron chi connectivity index (χ1n) is 36.3. The van der Waals surface area contributed by atoms with E-state index >= 15 is 9.59 Å². The molecule has 10 aromatic rings. The number of methoxy groups -OCH3 is 1. The number of benzene rings is 10. The van der Waals surface area contributed by atoms with Crippen molar-refractivity contribution in [1.29, 1.82) is 0 Å². The van der Waals surface area contributed by atoms with Gasteiger partial charge in [-0.2, -0.15) is 0 Å². The minimum atomic E-state index is -1.79. The van der Waals surface area contributed by atoms with Crippen LogP contribution >= 0.6 is 0 Å². The standard InChI is InChI=1S/C89H86O20/c1-94-87-80(100-57-66-42-22-7-23-43-66)77(98-55-64-38-18-5-19-39-64)75(97-54-63-36-16-4-17-37-63)72(103-87)59-101-89-82(109-86(93)70-50-30-11-31-51-70)79(107-84(91)68-46-26-9-27-47-68)76(106-83(90)67-44-24-8-25-45-67)73(105-89)60-102-88-81(108-85(92)69-48-28-10-29-49-69)78(99-56-65-40-20-6-21-41-65)74(96-53-62-34-14-3-15-35-62)71(104-88)58-95-52-61-32-12-2-13-33-61/h2-51,71-82,87-89H,52-60H2,1H3/t71-,72-,73-,74-,75-,76-,77+,78+,79+,80-,81-,82-,87+,88-,89-/m1/s1. The molecule has 20 heteroatoms. The molecule has 3 saturated heterocycles. The zero-order valence-corrected chi connectivity index (χ0v) is 60.1. The highest BCUT2D eigenvalue weighted by Gasteiger charge is 2.57. The Morgan fingerprint density at radius 3 is 0.807 bits per heavy atom. The molecule has 562 valence electrons. The Labute approximate surface area is 633 Å². The molecule has 3 fully saturated rings. The second-order valence-electron chi connectivity index (χ2n) is 26.3. The first-order chi connectivity index (χ1) is 53.7. The average molecular weight is 1480 g/mol. The third-order valence-electron chi connectivity index (χ3n) is 18.7. The minimum Gasteiger partial charge on any atom is -0.452 e. The lowest BCUT2D eigenvalue weighted by Crippen LogP contribution is -2.65. The van der Waals surface area contributed by atoms with E-state index in [-0.39, 0.29) is 68.5 Å². The van der Waals surface area contributed by atoms with Gasteiger partial charge in [0.05, 0.1) is 81.7 Å². The van der Waals surface area contributed by atoms with Crippen molar-refractivity contribution < 1.29 is 95.0 Å². The van der Waals surface area contributed by atoms with Crippen LogP contribution in [-0.2, 0) is 115 Å². The van der Waals surface area contributed by atoms with Crippen LogP contribution in [0.4, 0.5) is 0 Å². The normalized spacial score (nSPS) is 23.9. The van der Waals surface area contributed by atoms with Crippen molar-refractivity contribution >= 4 is 23.9 Å². The number of carbonyl (C=O) groups excluding carboxylic acids is 4. The predicted molar refractivity (Wildman–Crippen MR) is 399 cm³/mol. The summed E-state index contributed by atoms with van der Waals surface area (Å²) in [6, 6.07) is 90.5. The maximum atomic E-state index is 15.1. The molecule has 20 nitrogen and oxygen atoms in total. The van der Waals surface area contributed by atoms with E-state index in [0.29, 0.717) is 0 Å². The monoisotopic (exact) mass is 1470 g/mol. The molecule has 3 aliphatic heterocycles. The zero-order valence-electron chi connectivity index (χ0n) is 60.1. The molecule has 0 N–H and O–H groups in total. The largest absolute Gasteiger partial charge is 0.452 e. The summed E-state index contributed by atoms with van der Waals surface area (Å²) in [7, 11) is 1.50. The molecule has 0 bridgehead atoms. The van der Waals surface area contributed by atoms with Crippen molar-refractivity contribution in [2.45, 2.75) is 132 Å². The lowest BCUT2D eigenvalue weighted by atomic mass is 9.96. The second kappa shape index (κ2) is 39.6. The summed E-state index contributed by atoms with van der Waals surface area (Å²) in [6.07, 6.45) is -20.0. The summed E-state index contributed by atoms with van der Waals surface area (Å²) in [5, 5.41) is 0. The van der Waals surface area contributed by atoms with Crippen molar-refractivity contribution in [2.24, 2.45) is 0 Å². The number of esters is 4. The van der Waals surface area contributed by atoms with Gasteiger partial charge in [-0.1, -0.05) is 255 Å². The number of rotatable bonds is 34. The summed E-state index contributed by atoms with van der Waals surface area (Å²) < 4.78 is 109. The Kier molecular flexibility index (Phi) is 27.9. The van der Waals surface area contributed by atoms with Gasteiger partial charge >= 0.3 is 23.9 Å². The number of ether oxygens (including phenoxy) is 16. The smallest absolute Gasteiger partial charge is 0.338 e. The average Bonchev–Trinajstić information content (AvgIpc) is 0.778. The molecule has 10 aromatic carbocycles. The minimum absolute atomic E-state index is 0.00940. The first-order valence-corrected chi connectivity index (χ1v) is 36.3. The SMILES string of the molecule is CO[C@H]1O[C@H](CO[C@@H]2O[C@H](CO[C@@H]3O[C@H](COCc4ccccc4)[C@@H](OCc4ccccc4)[C@H](OCc4ccccc4)[C@H]3OC(=O)c3ccccc3)[C@@H](OC(=O)c3ccccc3)[C@H](OC(=O)c3ccccc3)[C@H]2OC(=O)c2ccccc2)[C@@H](OCc2ccccc2)[C@H](OCc2ccccc2)[C@H]1OCc1ccccc1. The fourth-order valence-electron chi connectivity index (χ4n) is 13.1. The summed E-state index contributed by atoms with van der Waals surface area (Å²) >= 11 is 0. The van der Waals surface area contributed by atoms with Gasteiger partial charge in [-0.25, -0.2) is 19.2 Å². The van der Waals surface area contributed by atoms with Gasteiger partial charge in [-0.05, 0) is 81.9 Å². The molecular formula is C89H86O20. The Morgan fingerprint density at radius 1 is 0.239 bits per heavy atom. The van der Waals surface area contributed by atoms with E-state index in [1.54, 1.807) is 121 Å². The van der Waals surface area contributed by atoms with Gasteiger partial charge in [-0.3, -0.25) is 0 Å². The highest BCUT2D eigenvalue weighted by molar-refractivity contribution is 5.91. The molecule has 0 amide bonds. The van der Waals surface area contributed by atoms with Crippen LogP contribution in [0, 0.1) is 0 Å². The van der Waals surface area contributed by atoms with E-state index in [0.717, 1.165) is 33.4 Å². The van der Waals surface area contributed by atoms with Crippen LogP contribution in [0.5, 0.6) is 0 Å². The summed E-state index contributed by atoms with van der Waals surface area (Å²) in [5.41, 5.74) is 5.59. The molecule has 3 aliphatic rings. The molecule has 3 heterocycles. The van der Waals surface area contributed by atoms with Crippen LogP contribution < -0.4 is 0 Å². The quantitative estimate of drug-likeness (QED) is 0.0271. The van der Waals surface area contributed by atoms with E-state index in [4.69, 9.17) is 75.8 Å². The van der Waals surface area contributed by atoms with Crippen LogP contribution in [0.3, 0.4) is 0 Å². The van der Waals surface area contributed by atoms with Gasteiger partial charge in [0.2, 0.25) is 0 Å². The Bertz CT molecular complexity index is 4350. The highest BCUT2D eigenvalue weighted by atomic mass is 16.8. The van der Waals surface area contributed by atoms with Crippen LogP contribution in [-0.4, -0.2) is 143 Å². The maximum Gasteiger partial charge on any atom is 0.338 e. The predicted octanol–water partition coefficient (Wildman–Crippen LogP) is 13.9. The van der Waals surface area contributed by atoms with Gasteiger partial charge in [0.15, 0.2) is 43.3 Å². The molecule has 0 aromatic heterocycles. The van der Waals surface area contributed by atoms with E-state index in [2.05, 4.69) is 0 Å². The van der Waals surface area contributed by atoms with Gasteiger partial charge in [0.25, 0.3) is 0 Å². The fraction of sp³-hybridized carbons (Fsp3) is 0.281. The van der Waals surface area contributed by atoms with E-state index < -0.39 is 129 Å². The molecule has 15 atom stereocenters. The summed E-state index contributed by atoms with van der Waals surface area (Å²) in [5.74, 6) is -3.42. The number of hydrogen-bond donors (Lipinski definition) is 0. The molecule has 0 spiro atoms. The maximum absolute atomic E-state index is 15.1. The summed E-state index contributed by atoms with van der Waals surface area (Å²) in [4.78, 5) is 59.9. The van der Waals surface area contributed by atoms with Crippen LogP contribution in [0.25, 0.3) is 0 Å². The molecule has 109 heavy (non-hydrogen) atoms. The van der Waals surface area contributed by atoms with E-state index in [9.17, 15) is 9.59 Å². The first kappa shape index (κ1) is 76.8. The molecule has 0 unspecified atom stereocenters. The molecule has 0 radical (unpaired) electrons. The van der Waals surface area contributed by atoms with Gasteiger partial charge in [0.1, 0.15) is 48.8 Å². The Morgan fingerprint density at radius 2 is 0.477 bits per heavy atom. The highest BCUT2D eigenvalue weighted by Crippen LogP contribution is 2.38. The van der Waals surface area contributed by atoms with Crippen molar-refractivity contribution in [1.82, 2.24) is 0 Å². The number of carbonyl (C=O) groups is 4. The Hall–Kier alpha value is -10.4. The Balaban J connectivity index is 0.910. The van der Waals surface area contributed by atoms with Crippen molar-refractivity contribution in [3.63, 3.8) is 0 Å². The van der Waals surface area contributed by atoms with Gasteiger partial charge in [0, 0.05) is 7.11 Å².